The van der Waals surface area contributed by atoms with Gasteiger partial charge in [-0.2, -0.15) is 0 Å². The predicted molar refractivity (Wildman–Crippen MR) is 119 cm³/mol. The van der Waals surface area contributed by atoms with E-state index in [0.29, 0.717) is 5.89 Å². The third-order valence-electron chi connectivity index (χ3n) is 4.80. The third kappa shape index (κ3) is 4.17. The Labute approximate surface area is 173 Å². The molecule has 1 aromatic heterocycles. The molecule has 6 heteroatoms. The average Bonchev–Trinajstić information content (AvgIpc) is 3.15. The molecule has 4 aromatic rings. The lowest BCUT2D eigenvalue weighted by molar-refractivity contribution is -0.384. The minimum absolute atomic E-state index is 0.0641. The monoisotopic (exact) mass is 397 g/mol. The summed E-state index contributed by atoms with van der Waals surface area (Å²) in [7, 11) is 0. The molecule has 0 bridgehead atoms. The maximum atomic E-state index is 10.8. The molecule has 0 radical (unpaired) electrons. The minimum atomic E-state index is -0.411. The van der Waals surface area contributed by atoms with Gasteiger partial charge in [0, 0.05) is 23.9 Å². The van der Waals surface area contributed by atoms with Gasteiger partial charge in [0.15, 0.2) is 5.58 Å². The first-order chi connectivity index (χ1) is 14.5. The summed E-state index contributed by atoms with van der Waals surface area (Å²) in [5, 5.41) is 10.8. The Morgan fingerprint density at radius 2 is 1.80 bits per heavy atom. The van der Waals surface area contributed by atoms with E-state index in [1.165, 1.54) is 23.3 Å². The lowest BCUT2D eigenvalue weighted by atomic mass is 10.1. The van der Waals surface area contributed by atoms with E-state index in [-0.39, 0.29) is 5.69 Å². The number of allylic oxidation sites excluding steroid dienone is 1. The standard InChI is InChI=1S/C24H19N3O3/c1-16-13-22-23(14-17(16)2)30-24(26-22)19-8-10-20(11-9-19)25-12-4-6-18-5-3-7-21(15-18)27(28)29/h3-15H,1-2H3. The van der Waals surface area contributed by atoms with Crippen molar-refractivity contribution in [2.45, 2.75) is 13.8 Å². The molecule has 0 saturated heterocycles. The summed E-state index contributed by atoms with van der Waals surface area (Å²) in [6, 6.07) is 18.1. The largest absolute Gasteiger partial charge is 0.436 e. The second kappa shape index (κ2) is 8.13. The third-order valence-corrected chi connectivity index (χ3v) is 4.80. The van der Waals surface area contributed by atoms with Crippen molar-refractivity contribution >= 4 is 34.8 Å². The second-order valence-corrected chi connectivity index (χ2v) is 6.96. The van der Waals surface area contributed by atoms with E-state index >= 15 is 0 Å². The highest BCUT2D eigenvalue weighted by Crippen LogP contribution is 2.27. The highest BCUT2D eigenvalue weighted by atomic mass is 16.6. The smallest absolute Gasteiger partial charge is 0.270 e. The maximum Gasteiger partial charge on any atom is 0.270 e. The summed E-state index contributed by atoms with van der Waals surface area (Å²) in [5.74, 6) is 0.580. The molecule has 0 amide bonds. The Balaban J connectivity index is 1.47. The molecule has 6 nitrogen and oxygen atoms in total. The first kappa shape index (κ1) is 19.3. The van der Waals surface area contributed by atoms with Crippen molar-refractivity contribution in [2.24, 2.45) is 4.99 Å². The summed E-state index contributed by atoms with van der Waals surface area (Å²) in [4.78, 5) is 19.4. The van der Waals surface area contributed by atoms with Gasteiger partial charge in [0.05, 0.1) is 10.6 Å². The number of nitrogens with zero attached hydrogens (tertiary/aromatic N) is 3. The molecule has 0 atom stereocenters. The number of hydrogen-bond acceptors (Lipinski definition) is 5. The van der Waals surface area contributed by atoms with Crippen LogP contribution < -0.4 is 0 Å². The fourth-order valence-corrected chi connectivity index (χ4v) is 3.02. The number of benzene rings is 3. The number of oxazole rings is 1. The summed E-state index contributed by atoms with van der Waals surface area (Å²) in [6.07, 6.45) is 5.17. The fourth-order valence-electron chi connectivity index (χ4n) is 3.02. The average molecular weight is 397 g/mol. The number of nitro benzene ring substituents is 1. The zero-order valence-electron chi connectivity index (χ0n) is 16.6. The predicted octanol–water partition coefficient (Wildman–Crippen LogP) is 6.44. The second-order valence-electron chi connectivity index (χ2n) is 6.96. The molecule has 0 spiro atoms. The van der Waals surface area contributed by atoms with Gasteiger partial charge in [-0.3, -0.25) is 15.1 Å². The van der Waals surface area contributed by atoms with Gasteiger partial charge in [0.2, 0.25) is 5.89 Å². The van der Waals surface area contributed by atoms with Crippen LogP contribution in [0.25, 0.3) is 28.6 Å². The Hall–Kier alpha value is -4.06. The Morgan fingerprint density at radius 3 is 2.57 bits per heavy atom. The van der Waals surface area contributed by atoms with E-state index in [1.807, 2.05) is 36.4 Å². The van der Waals surface area contributed by atoms with Crippen LogP contribution in [0.3, 0.4) is 0 Å². The van der Waals surface area contributed by atoms with Crippen LogP contribution in [0.5, 0.6) is 0 Å². The van der Waals surface area contributed by atoms with Crippen LogP contribution in [0.15, 0.2) is 76.1 Å². The van der Waals surface area contributed by atoms with Crippen LogP contribution in [0, 0.1) is 24.0 Å². The topological polar surface area (TPSA) is 81.5 Å². The molecule has 148 valence electrons. The van der Waals surface area contributed by atoms with Crippen molar-refractivity contribution in [3.63, 3.8) is 0 Å². The van der Waals surface area contributed by atoms with Gasteiger partial charge in [-0.25, -0.2) is 4.98 Å². The summed E-state index contributed by atoms with van der Waals surface area (Å²) in [6.45, 7) is 4.11. The van der Waals surface area contributed by atoms with Gasteiger partial charge in [-0.15, -0.1) is 0 Å². The van der Waals surface area contributed by atoms with Crippen molar-refractivity contribution in [2.75, 3.05) is 0 Å². The van der Waals surface area contributed by atoms with Crippen molar-refractivity contribution in [1.82, 2.24) is 4.98 Å². The number of nitro groups is 1. The van der Waals surface area contributed by atoms with Gasteiger partial charge in [-0.1, -0.05) is 18.2 Å². The Kier molecular flexibility index (Phi) is 5.22. The summed E-state index contributed by atoms with van der Waals surface area (Å²) >= 11 is 0. The molecule has 0 unspecified atom stereocenters. The van der Waals surface area contributed by atoms with E-state index < -0.39 is 4.92 Å². The van der Waals surface area contributed by atoms with E-state index in [9.17, 15) is 10.1 Å². The Morgan fingerprint density at radius 1 is 1.03 bits per heavy atom. The summed E-state index contributed by atoms with van der Waals surface area (Å²) in [5.41, 5.74) is 6.46. The van der Waals surface area contributed by atoms with E-state index in [1.54, 1.807) is 30.5 Å². The molecule has 4 rings (SSSR count). The van der Waals surface area contributed by atoms with Crippen molar-refractivity contribution in [3.05, 3.63) is 93.5 Å². The molecular formula is C24H19N3O3. The van der Waals surface area contributed by atoms with Crippen LogP contribution in [-0.2, 0) is 0 Å². The van der Waals surface area contributed by atoms with E-state index in [0.717, 1.165) is 27.9 Å². The molecule has 0 aliphatic heterocycles. The zero-order valence-corrected chi connectivity index (χ0v) is 16.6. The van der Waals surface area contributed by atoms with Crippen LogP contribution in [-0.4, -0.2) is 16.1 Å². The van der Waals surface area contributed by atoms with E-state index in [2.05, 4.69) is 23.8 Å². The molecule has 0 aliphatic carbocycles. The highest BCUT2D eigenvalue weighted by Gasteiger charge is 2.09. The Bertz CT molecular complexity index is 1250. The number of non-ortho nitro benzene ring substituents is 1. The fraction of sp³-hybridized carbons (Fsp3) is 0.0833. The number of aromatic nitrogens is 1. The molecule has 0 fully saturated rings. The van der Waals surface area contributed by atoms with Crippen LogP contribution in [0.4, 0.5) is 11.4 Å². The lowest BCUT2D eigenvalue weighted by Gasteiger charge is -1.96. The van der Waals surface area contributed by atoms with Gasteiger partial charge in [-0.05, 0) is 73.0 Å². The maximum absolute atomic E-state index is 10.8. The SMILES string of the molecule is Cc1cc2nc(-c3ccc(N=CC=Cc4cccc([N+](=O)[O-])c4)cc3)oc2cc1C. The molecule has 0 N–H and O–H groups in total. The normalized spacial score (nSPS) is 11.7. The quantitative estimate of drug-likeness (QED) is 0.220. The molecule has 30 heavy (non-hydrogen) atoms. The summed E-state index contributed by atoms with van der Waals surface area (Å²) < 4.78 is 5.90. The number of rotatable bonds is 5. The van der Waals surface area contributed by atoms with Crippen molar-refractivity contribution < 1.29 is 9.34 Å². The number of aliphatic imine (C=N–C) groups is 1. The van der Waals surface area contributed by atoms with Gasteiger partial charge < -0.3 is 4.42 Å². The highest BCUT2D eigenvalue weighted by molar-refractivity contribution is 5.81. The zero-order chi connectivity index (χ0) is 21.1. The molecule has 0 aliphatic rings. The molecule has 0 saturated carbocycles. The van der Waals surface area contributed by atoms with Crippen LogP contribution in [0.1, 0.15) is 16.7 Å². The van der Waals surface area contributed by atoms with Crippen molar-refractivity contribution in [3.8, 4) is 11.5 Å². The molecular weight excluding hydrogens is 378 g/mol. The first-order valence-corrected chi connectivity index (χ1v) is 9.43. The van der Waals surface area contributed by atoms with Gasteiger partial charge >= 0.3 is 0 Å². The van der Waals surface area contributed by atoms with Crippen LogP contribution >= 0.6 is 0 Å². The van der Waals surface area contributed by atoms with Crippen molar-refractivity contribution in [1.29, 1.82) is 0 Å². The minimum Gasteiger partial charge on any atom is -0.436 e. The number of fused-ring (bicyclic) bond motifs is 1. The number of aryl methyl sites for hydroxylation is 2. The lowest BCUT2D eigenvalue weighted by Crippen LogP contribution is -1.87. The number of hydrogen-bond donors (Lipinski definition) is 0. The van der Waals surface area contributed by atoms with Gasteiger partial charge in [0.1, 0.15) is 5.52 Å². The van der Waals surface area contributed by atoms with Crippen LogP contribution in [0.2, 0.25) is 0 Å². The van der Waals surface area contributed by atoms with E-state index in [4.69, 9.17) is 4.42 Å². The molecule has 3 aromatic carbocycles. The molecule has 1 heterocycles. The van der Waals surface area contributed by atoms with Gasteiger partial charge in [0.25, 0.3) is 5.69 Å². The first-order valence-electron chi connectivity index (χ1n) is 9.43.